The molecule has 2 aliphatic carbocycles. The summed E-state index contributed by atoms with van der Waals surface area (Å²) in [7, 11) is 0. The van der Waals surface area contributed by atoms with Crippen LogP contribution in [0.1, 0.15) is 36.8 Å². The zero-order chi connectivity index (χ0) is 21.3. The molecule has 0 aliphatic heterocycles. The average molecular weight is 402 g/mol. The summed E-state index contributed by atoms with van der Waals surface area (Å²) in [6.45, 7) is 0. The van der Waals surface area contributed by atoms with Crippen LogP contribution in [0.15, 0.2) is 42.5 Å². The smallest absolute Gasteiger partial charge is 0.141 e. The summed E-state index contributed by atoms with van der Waals surface area (Å²) in [4.78, 5) is 12.7. The molecule has 2 fully saturated rings. The van der Waals surface area contributed by atoms with Crippen molar-refractivity contribution in [2.75, 3.05) is 0 Å². The third-order valence-corrected chi connectivity index (χ3v) is 6.72. The number of ketones is 1. The first kappa shape index (κ1) is 20.3. The van der Waals surface area contributed by atoms with Crippen molar-refractivity contribution in [2.45, 2.75) is 38.2 Å². The van der Waals surface area contributed by atoms with Gasteiger partial charge in [0.2, 0.25) is 0 Å². The zero-order valence-electron chi connectivity index (χ0n) is 16.6. The summed E-state index contributed by atoms with van der Waals surface area (Å²) in [5.41, 5.74) is 2.48. The van der Waals surface area contributed by atoms with Gasteiger partial charge >= 0.3 is 0 Å². The van der Waals surface area contributed by atoms with Gasteiger partial charge in [-0.05, 0) is 66.3 Å². The van der Waals surface area contributed by atoms with Gasteiger partial charge in [-0.1, -0.05) is 30.3 Å². The molecule has 1 N–H and O–H groups in total. The van der Waals surface area contributed by atoms with Gasteiger partial charge in [-0.15, -0.1) is 0 Å². The number of aliphatic hydroxyl groups excluding tert-OH is 1. The quantitative estimate of drug-likeness (QED) is 0.775. The normalized spacial score (nSPS) is 25.5. The number of nitriles is 2. The van der Waals surface area contributed by atoms with Crippen LogP contribution in [0.3, 0.4) is 0 Å². The van der Waals surface area contributed by atoms with Crippen LogP contribution in [-0.4, -0.2) is 17.0 Å². The molecule has 2 aromatic carbocycles. The lowest BCUT2D eigenvalue weighted by molar-refractivity contribution is -0.125. The van der Waals surface area contributed by atoms with Gasteiger partial charge in [0.05, 0.1) is 23.7 Å². The lowest BCUT2D eigenvalue weighted by Gasteiger charge is -2.24. The van der Waals surface area contributed by atoms with Gasteiger partial charge < -0.3 is 5.11 Å². The molecule has 152 valence electrons. The Bertz CT molecular complexity index is 1030. The Morgan fingerprint density at radius 3 is 2.37 bits per heavy atom. The van der Waals surface area contributed by atoms with E-state index in [1.165, 1.54) is 12.1 Å². The zero-order valence-corrected chi connectivity index (χ0v) is 16.6. The second-order valence-electron chi connectivity index (χ2n) is 8.61. The Kier molecular flexibility index (Phi) is 5.66. The van der Waals surface area contributed by atoms with Crippen molar-refractivity contribution in [1.82, 2.24) is 0 Å². The number of Topliss-reactive ketones (excluding diaryl/α,β-unsaturated/α-hetero) is 1. The number of rotatable bonds is 6. The monoisotopic (exact) mass is 402 g/mol. The lowest BCUT2D eigenvalue weighted by atomic mass is 9.81. The maximum Gasteiger partial charge on any atom is 0.141 e. The van der Waals surface area contributed by atoms with Crippen LogP contribution >= 0.6 is 0 Å². The van der Waals surface area contributed by atoms with Crippen LogP contribution in [0.2, 0.25) is 0 Å². The van der Waals surface area contributed by atoms with Crippen molar-refractivity contribution in [2.24, 2.45) is 23.7 Å². The highest BCUT2D eigenvalue weighted by Crippen LogP contribution is 2.49. The van der Waals surface area contributed by atoms with E-state index < -0.39 is 5.82 Å². The van der Waals surface area contributed by atoms with E-state index in [2.05, 4.69) is 6.07 Å². The number of halogens is 1. The fourth-order valence-electron chi connectivity index (χ4n) is 5.10. The molecule has 2 bridgehead atoms. The number of benzene rings is 2. The molecule has 0 amide bonds. The van der Waals surface area contributed by atoms with Gasteiger partial charge in [-0.25, -0.2) is 4.39 Å². The minimum absolute atomic E-state index is 0.00269. The van der Waals surface area contributed by atoms with E-state index in [-0.39, 0.29) is 47.5 Å². The van der Waals surface area contributed by atoms with Gasteiger partial charge in [0.1, 0.15) is 17.7 Å². The molecule has 0 aromatic heterocycles. The molecule has 0 heterocycles. The molecule has 0 unspecified atom stereocenters. The predicted octanol–water partition coefficient (Wildman–Crippen LogP) is 4.41. The van der Waals surface area contributed by atoms with E-state index in [1.54, 1.807) is 6.07 Å². The first-order chi connectivity index (χ1) is 14.5. The standard InChI is InChI=1S/C25H23FN2O2/c26-23-11-18(5-6-19(23)14-28)17-3-1-15(2-4-17)7-16(13-27)8-25(30)22-10-21-9-20(22)12-24(21)29/h1-6,11,16,20-22,24,29H,7-10,12H2/t16-,20-,21-,22+,24+/m1/s1. The molecule has 2 aliphatic rings. The van der Waals surface area contributed by atoms with Crippen LogP contribution in [-0.2, 0) is 11.2 Å². The highest BCUT2D eigenvalue weighted by atomic mass is 19.1. The molecule has 0 spiro atoms. The summed E-state index contributed by atoms with van der Waals surface area (Å²) >= 11 is 0. The van der Waals surface area contributed by atoms with Gasteiger partial charge in [0, 0.05) is 12.3 Å². The maximum atomic E-state index is 13.9. The lowest BCUT2D eigenvalue weighted by Crippen LogP contribution is -2.28. The van der Waals surface area contributed by atoms with Crippen molar-refractivity contribution >= 4 is 5.78 Å². The molecule has 4 rings (SSSR count). The number of carbonyl (C=O) groups excluding carboxylic acids is 1. The van der Waals surface area contributed by atoms with Gasteiger partial charge in [0.25, 0.3) is 0 Å². The van der Waals surface area contributed by atoms with Gasteiger partial charge in [-0.2, -0.15) is 10.5 Å². The molecule has 0 saturated heterocycles. The number of hydrogen-bond acceptors (Lipinski definition) is 4. The van der Waals surface area contributed by atoms with Gasteiger partial charge in [-0.3, -0.25) is 4.79 Å². The third-order valence-electron chi connectivity index (χ3n) is 6.72. The summed E-state index contributed by atoms with van der Waals surface area (Å²) in [5.74, 6) is -0.225. The highest BCUT2D eigenvalue weighted by Gasteiger charge is 2.47. The van der Waals surface area contributed by atoms with Crippen LogP contribution in [0.25, 0.3) is 11.1 Å². The SMILES string of the molecule is N#Cc1ccc(-c2ccc(C[C@@H](C#N)CC(=O)[C@H]3C[C@H]4C[C@@H]3C[C@@H]4O)cc2)cc1F. The fourth-order valence-corrected chi connectivity index (χ4v) is 5.10. The van der Waals surface area contributed by atoms with E-state index >= 15 is 0 Å². The second-order valence-corrected chi connectivity index (χ2v) is 8.61. The number of aliphatic hydroxyl groups is 1. The Morgan fingerprint density at radius 2 is 1.80 bits per heavy atom. The van der Waals surface area contributed by atoms with Crippen LogP contribution < -0.4 is 0 Å². The minimum atomic E-state index is -0.546. The van der Waals surface area contributed by atoms with E-state index in [1.807, 2.05) is 30.3 Å². The van der Waals surface area contributed by atoms with Crippen molar-refractivity contribution in [3.05, 3.63) is 59.4 Å². The van der Waals surface area contributed by atoms with Crippen molar-refractivity contribution in [1.29, 1.82) is 10.5 Å². The first-order valence-corrected chi connectivity index (χ1v) is 10.4. The Hall–Kier alpha value is -3.02. The summed E-state index contributed by atoms with van der Waals surface area (Å²) < 4.78 is 13.9. The molecule has 4 nitrogen and oxygen atoms in total. The molecular formula is C25H23FN2O2. The van der Waals surface area contributed by atoms with Gasteiger partial charge in [0.15, 0.2) is 0 Å². The molecule has 2 saturated carbocycles. The van der Waals surface area contributed by atoms with Crippen LogP contribution in [0, 0.1) is 52.2 Å². The van der Waals surface area contributed by atoms with E-state index in [0.29, 0.717) is 12.0 Å². The summed E-state index contributed by atoms with van der Waals surface area (Å²) in [6, 6.07) is 16.1. The molecular weight excluding hydrogens is 379 g/mol. The average Bonchev–Trinajstić information content (AvgIpc) is 3.33. The molecule has 0 radical (unpaired) electrons. The number of carbonyl (C=O) groups is 1. The number of fused-ring (bicyclic) bond motifs is 2. The van der Waals surface area contributed by atoms with E-state index in [4.69, 9.17) is 5.26 Å². The number of hydrogen-bond donors (Lipinski definition) is 1. The predicted molar refractivity (Wildman–Crippen MR) is 109 cm³/mol. The minimum Gasteiger partial charge on any atom is -0.393 e. The largest absolute Gasteiger partial charge is 0.393 e. The summed E-state index contributed by atoms with van der Waals surface area (Å²) in [5, 5.41) is 28.3. The van der Waals surface area contributed by atoms with E-state index in [0.717, 1.165) is 30.4 Å². The maximum absolute atomic E-state index is 13.9. The number of nitrogens with zero attached hydrogens (tertiary/aromatic N) is 2. The Morgan fingerprint density at radius 1 is 1.07 bits per heavy atom. The third kappa shape index (κ3) is 3.99. The summed E-state index contributed by atoms with van der Waals surface area (Å²) in [6.07, 6.45) is 2.91. The van der Waals surface area contributed by atoms with Crippen molar-refractivity contribution < 1.29 is 14.3 Å². The van der Waals surface area contributed by atoms with E-state index in [9.17, 15) is 19.6 Å². The molecule has 5 atom stereocenters. The Labute approximate surface area is 175 Å². The molecule has 5 heteroatoms. The fraction of sp³-hybridized carbons (Fsp3) is 0.400. The van der Waals surface area contributed by atoms with Crippen LogP contribution in [0.5, 0.6) is 0 Å². The van der Waals surface area contributed by atoms with Crippen molar-refractivity contribution in [3.8, 4) is 23.3 Å². The first-order valence-electron chi connectivity index (χ1n) is 10.4. The van der Waals surface area contributed by atoms with Crippen LogP contribution in [0.4, 0.5) is 4.39 Å². The second kappa shape index (κ2) is 8.38. The highest BCUT2D eigenvalue weighted by molar-refractivity contribution is 5.82. The Balaban J connectivity index is 1.38. The topological polar surface area (TPSA) is 84.9 Å². The van der Waals surface area contributed by atoms with Crippen molar-refractivity contribution in [3.63, 3.8) is 0 Å². The molecule has 30 heavy (non-hydrogen) atoms. The molecule has 2 aromatic rings.